The van der Waals surface area contributed by atoms with E-state index >= 15 is 0 Å². The van der Waals surface area contributed by atoms with Crippen molar-refractivity contribution in [2.24, 2.45) is 17.6 Å². The van der Waals surface area contributed by atoms with Crippen LogP contribution < -0.4 is 10.5 Å². The van der Waals surface area contributed by atoms with Gasteiger partial charge in [-0.1, -0.05) is 32.9 Å². The summed E-state index contributed by atoms with van der Waals surface area (Å²) in [4.78, 5) is 10.9. The minimum atomic E-state index is -0.259. The Bertz CT molecular complexity index is 357. The van der Waals surface area contributed by atoms with Crippen LogP contribution in [0.1, 0.15) is 26.3 Å². The van der Waals surface area contributed by atoms with Gasteiger partial charge in [0.2, 0.25) is 5.91 Å². The highest BCUT2D eigenvalue weighted by Gasteiger charge is 2.09. The van der Waals surface area contributed by atoms with E-state index in [-0.39, 0.29) is 11.8 Å². The molecule has 2 N–H and O–H groups in total. The van der Waals surface area contributed by atoms with Crippen LogP contribution in [-0.2, 0) is 11.2 Å². The van der Waals surface area contributed by atoms with Crippen LogP contribution in [0.4, 0.5) is 0 Å². The zero-order chi connectivity index (χ0) is 12.8. The van der Waals surface area contributed by atoms with E-state index in [1.54, 1.807) is 0 Å². The van der Waals surface area contributed by atoms with Gasteiger partial charge in [0.25, 0.3) is 0 Å². The Morgan fingerprint density at radius 1 is 1.24 bits per heavy atom. The van der Waals surface area contributed by atoms with Gasteiger partial charge in [-0.25, -0.2) is 0 Å². The Balaban J connectivity index is 2.53. The Morgan fingerprint density at radius 2 is 1.82 bits per heavy atom. The molecule has 17 heavy (non-hydrogen) atoms. The summed E-state index contributed by atoms with van der Waals surface area (Å²) in [6.45, 7) is 6.79. The smallest absolute Gasteiger partial charge is 0.220 e. The quantitative estimate of drug-likeness (QED) is 0.823. The molecule has 0 radical (unpaired) electrons. The molecule has 0 aliphatic heterocycles. The maximum absolute atomic E-state index is 10.9. The SMILES string of the molecule is CC(C)COc1ccc(CC(C)C(N)=O)cc1. The third-order valence-electron chi connectivity index (χ3n) is 2.53. The van der Waals surface area contributed by atoms with E-state index in [0.29, 0.717) is 12.3 Å². The zero-order valence-electron chi connectivity index (χ0n) is 10.8. The fourth-order valence-corrected chi connectivity index (χ4v) is 1.44. The van der Waals surface area contributed by atoms with Crippen molar-refractivity contribution < 1.29 is 9.53 Å². The molecular formula is C14H21NO2. The van der Waals surface area contributed by atoms with Gasteiger partial charge in [0.05, 0.1) is 6.61 Å². The summed E-state index contributed by atoms with van der Waals surface area (Å²) in [6, 6.07) is 7.83. The van der Waals surface area contributed by atoms with Crippen molar-refractivity contribution in [3.05, 3.63) is 29.8 Å². The van der Waals surface area contributed by atoms with Crippen molar-refractivity contribution in [2.75, 3.05) is 6.61 Å². The number of rotatable bonds is 6. The fourth-order valence-electron chi connectivity index (χ4n) is 1.44. The Morgan fingerprint density at radius 3 is 2.29 bits per heavy atom. The average Bonchev–Trinajstić information content (AvgIpc) is 2.28. The molecule has 0 bridgehead atoms. The van der Waals surface area contributed by atoms with Crippen LogP contribution in [0.15, 0.2) is 24.3 Å². The molecule has 3 nitrogen and oxygen atoms in total. The van der Waals surface area contributed by atoms with Crippen LogP contribution in [0.5, 0.6) is 5.75 Å². The average molecular weight is 235 g/mol. The van der Waals surface area contributed by atoms with E-state index < -0.39 is 0 Å². The monoisotopic (exact) mass is 235 g/mol. The van der Waals surface area contributed by atoms with Gasteiger partial charge in [-0.15, -0.1) is 0 Å². The summed E-state index contributed by atoms with van der Waals surface area (Å²) in [7, 11) is 0. The second-order valence-electron chi connectivity index (χ2n) is 4.86. The number of ether oxygens (including phenoxy) is 1. The number of carbonyl (C=O) groups is 1. The van der Waals surface area contributed by atoms with Crippen LogP contribution in [0.3, 0.4) is 0 Å². The van der Waals surface area contributed by atoms with Gasteiger partial charge >= 0.3 is 0 Å². The number of benzene rings is 1. The standard InChI is InChI=1S/C14H21NO2/c1-10(2)9-17-13-6-4-12(5-7-13)8-11(3)14(15)16/h4-7,10-11H,8-9H2,1-3H3,(H2,15,16). The van der Waals surface area contributed by atoms with Gasteiger partial charge in [-0.3, -0.25) is 4.79 Å². The van der Waals surface area contributed by atoms with Crippen LogP contribution >= 0.6 is 0 Å². The van der Waals surface area contributed by atoms with Crippen molar-refractivity contribution >= 4 is 5.91 Å². The van der Waals surface area contributed by atoms with Crippen LogP contribution in [0.25, 0.3) is 0 Å². The normalized spacial score (nSPS) is 12.5. The maximum atomic E-state index is 10.9. The number of carbonyl (C=O) groups excluding carboxylic acids is 1. The zero-order valence-corrected chi connectivity index (χ0v) is 10.8. The molecule has 0 fully saturated rings. The molecule has 0 aliphatic rings. The first-order valence-electron chi connectivity index (χ1n) is 6.00. The molecule has 1 aromatic carbocycles. The Hall–Kier alpha value is -1.51. The lowest BCUT2D eigenvalue weighted by molar-refractivity contribution is -0.121. The van der Waals surface area contributed by atoms with Gasteiger partial charge in [-0.2, -0.15) is 0 Å². The van der Waals surface area contributed by atoms with Gasteiger partial charge in [-0.05, 0) is 30.0 Å². The molecule has 1 unspecified atom stereocenters. The predicted molar refractivity (Wildman–Crippen MR) is 68.8 cm³/mol. The van der Waals surface area contributed by atoms with E-state index in [4.69, 9.17) is 10.5 Å². The molecule has 1 atom stereocenters. The lowest BCUT2D eigenvalue weighted by Gasteiger charge is -2.10. The van der Waals surface area contributed by atoms with E-state index in [0.717, 1.165) is 17.9 Å². The highest BCUT2D eigenvalue weighted by molar-refractivity contribution is 5.76. The first kappa shape index (κ1) is 13.6. The second kappa shape index (κ2) is 6.28. The van der Waals surface area contributed by atoms with Gasteiger partial charge in [0, 0.05) is 5.92 Å². The number of hydrogen-bond donors (Lipinski definition) is 1. The van der Waals surface area contributed by atoms with Crippen molar-refractivity contribution in [2.45, 2.75) is 27.2 Å². The predicted octanol–water partition coefficient (Wildman–Crippen LogP) is 2.39. The minimum absolute atomic E-state index is 0.127. The minimum Gasteiger partial charge on any atom is -0.493 e. The molecule has 0 aromatic heterocycles. The molecule has 1 aromatic rings. The lowest BCUT2D eigenvalue weighted by atomic mass is 10.0. The maximum Gasteiger partial charge on any atom is 0.220 e. The molecule has 1 rings (SSSR count). The number of hydrogen-bond acceptors (Lipinski definition) is 2. The summed E-state index contributed by atoms with van der Waals surface area (Å²) in [5.41, 5.74) is 6.34. The molecule has 0 aliphatic carbocycles. The molecular weight excluding hydrogens is 214 g/mol. The summed E-state index contributed by atoms with van der Waals surface area (Å²) >= 11 is 0. The van der Waals surface area contributed by atoms with E-state index in [2.05, 4.69) is 13.8 Å². The van der Waals surface area contributed by atoms with Crippen LogP contribution in [0.2, 0.25) is 0 Å². The molecule has 3 heteroatoms. The Labute approximate surface area is 103 Å². The summed E-state index contributed by atoms with van der Waals surface area (Å²) in [5.74, 6) is 1.00. The van der Waals surface area contributed by atoms with Gasteiger partial charge in [0.1, 0.15) is 5.75 Å². The van der Waals surface area contributed by atoms with E-state index in [9.17, 15) is 4.79 Å². The van der Waals surface area contributed by atoms with Crippen molar-refractivity contribution in [1.82, 2.24) is 0 Å². The van der Waals surface area contributed by atoms with E-state index in [1.807, 2.05) is 31.2 Å². The second-order valence-corrected chi connectivity index (χ2v) is 4.86. The molecule has 0 heterocycles. The molecule has 94 valence electrons. The number of amides is 1. The third kappa shape index (κ3) is 4.89. The molecule has 0 spiro atoms. The van der Waals surface area contributed by atoms with Gasteiger partial charge in [0.15, 0.2) is 0 Å². The first-order valence-corrected chi connectivity index (χ1v) is 6.00. The summed E-state index contributed by atoms with van der Waals surface area (Å²) < 4.78 is 5.58. The van der Waals surface area contributed by atoms with Crippen LogP contribution in [-0.4, -0.2) is 12.5 Å². The van der Waals surface area contributed by atoms with Crippen LogP contribution in [0, 0.1) is 11.8 Å². The summed E-state index contributed by atoms with van der Waals surface area (Å²) in [5, 5.41) is 0. The summed E-state index contributed by atoms with van der Waals surface area (Å²) in [6.07, 6.45) is 0.680. The van der Waals surface area contributed by atoms with Crippen molar-refractivity contribution in [3.8, 4) is 5.75 Å². The first-order chi connectivity index (χ1) is 7.99. The lowest BCUT2D eigenvalue weighted by Crippen LogP contribution is -2.22. The molecule has 0 saturated heterocycles. The topological polar surface area (TPSA) is 52.3 Å². The highest BCUT2D eigenvalue weighted by atomic mass is 16.5. The third-order valence-corrected chi connectivity index (χ3v) is 2.53. The molecule has 0 saturated carbocycles. The van der Waals surface area contributed by atoms with Crippen molar-refractivity contribution in [1.29, 1.82) is 0 Å². The number of primary amides is 1. The van der Waals surface area contributed by atoms with E-state index in [1.165, 1.54) is 0 Å². The van der Waals surface area contributed by atoms with Crippen molar-refractivity contribution in [3.63, 3.8) is 0 Å². The number of nitrogens with two attached hydrogens (primary N) is 1. The van der Waals surface area contributed by atoms with Gasteiger partial charge < -0.3 is 10.5 Å². The molecule has 1 amide bonds. The Kier molecular flexibility index (Phi) is 5.01. The largest absolute Gasteiger partial charge is 0.493 e. The fraction of sp³-hybridized carbons (Fsp3) is 0.500. The highest BCUT2D eigenvalue weighted by Crippen LogP contribution is 2.15.